The maximum atomic E-state index is 11.5. The Kier molecular flexibility index (Phi) is 6.82. The van der Waals surface area contributed by atoms with Gasteiger partial charge in [0.1, 0.15) is 12.4 Å². The van der Waals surface area contributed by atoms with Crippen molar-refractivity contribution in [2.24, 2.45) is 0 Å². The number of rotatable bonds is 9. The first kappa shape index (κ1) is 22.9. The van der Waals surface area contributed by atoms with E-state index in [9.17, 15) is 4.79 Å². The number of H-pyrrole nitrogens is 1. The van der Waals surface area contributed by atoms with Crippen LogP contribution in [0.3, 0.4) is 0 Å². The number of Topliss-reactive ketones (excluding diaryl/α,β-unsaturated/α-hetero) is 1. The zero-order valence-corrected chi connectivity index (χ0v) is 20.1. The number of anilines is 1. The average Bonchev–Trinajstić information content (AvgIpc) is 3.49. The molecule has 3 aromatic heterocycles. The number of nitrogens with one attached hydrogen (secondary N) is 2. The first-order valence-corrected chi connectivity index (χ1v) is 12.4. The summed E-state index contributed by atoms with van der Waals surface area (Å²) in [6.45, 7) is 5.40. The number of aliphatic hydroxyl groups excluding tert-OH is 1. The molecule has 0 saturated carbocycles. The first-order chi connectivity index (χ1) is 16.6. The van der Waals surface area contributed by atoms with Crippen LogP contribution in [0.4, 0.5) is 5.82 Å². The molecule has 0 spiro atoms. The summed E-state index contributed by atoms with van der Waals surface area (Å²) >= 11 is 1.73. The zero-order valence-electron chi connectivity index (χ0n) is 19.3. The fourth-order valence-electron chi connectivity index (χ4n) is 4.26. The van der Waals surface area contributed by atoms with Crippen LogP contribution in [0.15, 0.2) is 30.5 Å². The minimum atomic E-state index is -0.406. The molecule has 1 aliphatic rings. The molecule has 0 aliphatic carbocycles. The number of thiophene rings is 1. The van der Waals surface area contributed by atoms with E-state index in [2.05, 4.69) is 38.4 Å². The second-order valence-electron chi connectivity index (χ2n) is 8.77. The lowest BCUT2D eigenvalue weighted by atomic mass is 10.1. The van der Waals surface area contributed by atoms with Gasteiger partial charge in [-0.2, -0.15) is 5.10 Å². The number of hydrogen-bond acceptors (Lipinski definition) is 9. The van der Waals surface area contributed by atoms with Crippen LogP contribution in [0, 0.1) is 0 Å². The molecule has 0 unspecified atom stereocenters. The lowest BCUT2D eigenvalue weighted by Crippen LogP contribution is -2.43. The van der Waals surface area contributed by atoms with E-state index in [0.717, 1.165) is 65.2 Å². The predicted octanol–water partition coefficient (Wildman–Crippen LogP) is 2.74. The number of carbonyl (C=O) groups is 1. The van der Waals surface area contributed by atoms with Crippen LogP contribution in [0.5, 0.6) is 0 Å². The number of aromatic amines is 1. The predicted molar refractivity (Wildman–Crippen MR) is 135 cm³/mol. The van der Waals surface area contributed by atoms with Crippen LogP contribution >= 0.6 is 11.3 Å². The van der Waals surface area contributed by atoms with E-state index < -0.39 is 6.61 Å². The van der Waals surface area contributed by atoms with Crippen molar-refractivity contribution in [3.8, 4) is 11.4 Å². The number of piperazine rings is 1. The Bertz CT molecular complexity index is 1290. The number of hydrogen-bond donors (Lipinski definition) is 3. The third kappa shape index (κ3) is 4.95. The van der Waals surface area contributed by atoms with Crippen molar-refractivity contribution in [1.82, 2.24) is 30.0 Å². The van der Waals surface area contributed by atoms with E-state index in [-0.39, 0.29) is 5.78 Å². The molecule has 1 fully saturated rings. The summed E-state index contributed by atoms with van der Waals surface area (Å²) in [6.07, 6.45) is 2.79. The molecule has 0 atom stereocenters. The molecule has 34 heavy (non-hydrogen) atoms. The molecular weight excluding hydrogens is 450 g/mol. The van der Waals surface area contributed by atoms with Crippen molar-refractivity contribution in [2.75, 3.05) is 51.7 Å². The van der Waals surface area contributed by atoms with Crippen LogP contribution in [-0.2, 0) is 11.3 Å². The van der Waals surface area contributed by atoms with Crippen molar-refractivity contribution < 1.29 is 9.90 Å². The molecule has 5 rings (SSSR count). The van der Waals surface area contributed by atoms with E-state index in [1.54, 1.807) is 17.5 Å². The van der Waals surface area contributed by atoms with Gasteiger partial charge in [0.25, 0.3) is 0 Å². The topological polar surface area (TPSA) is 110 Å². The van der Waals surface area contributed by atoms with E-state index >= 15 is 0 Å². The SMILES string of the molecule is CN1CCN(Cc2cc3nc(-c4cccc5[nH]ncc45)nc(NCCCC(=O)CO)c3s2)CC1. The molecule has 1 aliphatic heterocycles. The van der Waals surface area contributed by atoms with Crippen LogP contribution in [-0.4, -0.2) is 87.2 Å². The van der Waals surface area contributed by atoms with Gasteiger partial charge >= 0.3 is 0 Å². The fourth-order valence-corrected chi connectivity index (χ4v) is 5.36. The monoisotopic (exact) mass is 479 g/mol. The maximum absolute atomic E-state index is 11.5. The van der Waals surface area contributed by atoms with Gasteiger partial charge in [0, 0.05) is 61.5 Å². The quantitative estimate of drug-likeness (QED) is 0.314. The molecule has 10 heteroatoms. The van der Waals surface area contributed by atoms with Crippen molar-refractivity contribution in [2.45, 2.75) is 19.4 Å². The summed E-state index contributed by atoms with van der Waals surface area (Å²) in [6, 6.07) is 8.16. The van der Waals surface area contributed by atoms with Gasteiger partial charge in [-0.25, -0.2) is 9.97 Å². The lowest BCUT2D eigenvalue weighted by molar-refractivity contribution is -0.121. The number of aromatic nitrogens is 4. The number of fused-ring (bicyclic) bond motifs is 2. The minimum Gasteiger partial charge on any atom is -0.389 e. The van der Waals surface area contributed by atoms with E-state index in [4.69, 9.17) is 15.1 Å². The summed E-state index contributed by atoms with van der Waals surface area (Å²) in [5.74, 6) is 1.29. The zero-order chi connectivity index (χ0) is 23.5. The Morgan fingerprint density at radius 3 is 2.91 bits per heavy atom. The Hall–Kier alpha value is -2.92. The van der Waals surface area contributed by atoms with E-state index in [1.807, 2.05) is 18.2 Å². The van der Waals surface area contributed by atoms with Crippen molar-refractivity contribution >= 4 is 44.1 Å². The van der Waals surface area contributed by atoms with Gasteiger partial charge in [0.2, 0.25) is 0 Å². The summed E-state index contributed by atoms with van der Waals surface area (Å²) in [5.41, 5.74) is 2.80. The Balaban J connectivity index is 1.46. The summed E-state index contributed by atoms with van der Waals surface area (Å²) in [7, 11) is 2.17. The molecule has 1 saturated heterocycles. The van der Waals surface area contributed by atoms with E-state index in [1.165, 1.54) is 4.88 Å². The molecule has 0 amide bonds. The average molecular weight is 480 g/mol. The van der Waals surface area contributed by atoms with Crippen molar-refractivity contribution in [1.29, 1.82) is 0 Å². The normalized spacial score (nSPS) is 15.4. The Labute approximate surface area is 201 Å². The number of likely N-dealkylation sites (N-methyl/N-ethyl adjacent to an activating group) is 1. The first-order valence-electron chi connectivity index (χ1n) is 11.6. The molecule has 4 heterocycles. The summed E-state index contributed by atoms with van der Waals surface area (Å²) < 4.78 is 1.03. The number of ketones is 1. The molecule has 9 nitrogen and oxygen atoms in total. The second-order valence-corrected chi connectivity index (χ2v) is 9.90. The minimum absolute atomic E-state index is 0.146. The largest absolute Gasteiger partial charge is 0.389 e. The maximum Gasteiger partial charge on any atom is 0.162 e. The van der Waals surface area contributed by atoms with Gasteiger partial charge in [0.05, 0.1) is 21.9 Å². The Morgan fingerprint density at radius 2 is 2.09 bits per heavy atom. The van der Waals surface area contributed by atoms with Crippen LogP contribution in [0.1, 0.15) is 17.7 Å². The molecule has 178 valence electrons. The third-order valence-corrected chi connectivity index (χ3v) is 7.34. The van der Waals surface area contributed by atoms with E-state index in [0.29, 0.717) is 25.2 Å². The van der Waals surface area contributed by atoms with Gasteiger partial charge in [0.15, 0.2) is 11.6 Å². The number of benzene rings is 1. The van der Waals surface area contributed by atoms with Gasteiger partial charge in [-0.1, -0.05) is 12.1 Å². The van der Waals surface area contributed by atoms with Gasteiger partial charge < -0.3 is 15.3 Å². The number of carbonyl (C=O) groups excluding carboxylic acids is 1. The molecule has 1 aromatic carbocycles. The smallest absolute Gasteiger partial charge is 0.162 e. The summed E-state index contributed by atoms with van der Waals surface area (Å²) in [4.78, 5) is 27.4. The highest BCUT2D eigenvalue weighted by atomic mass is 32.1. The molecule has 3 N–H and O–H groups in total. The van der Waals surface area contributed by atoms with Crippen molar-refractivity contribution in [3.63, 3.8) is 0 Å². The van der Waals surface area contributed by atoms with Gasteiger partial charge in [-0.15, -0.1) is 11.3 Å². The molecule has 0 bridgehead atoms. The van der Waals surface area contributed by atoms with Crippen molar-refractivity contribution in [3.05, 3.63) is 35.3 Å². The standard InChI is InChI=1S/C24H29N7O2S/c1-30-8-10-31(11-9-30)14-17-12-21-22(34-17)24(25-7-3-4-16(33)15-32)28-23(27-21)18-5-2-6-20-19(18)13-26-29-20/h2,5-6,12-13,32H,3-4,7-11,14-15H2,1H3,(H,26,29)(H,25,27,28). The fraction of sp³-hybridized carbons (Fsp3) is 0.417. The highest BCUT2D eigenvalue weighted by molar-refractivity contribution is 7.19. The Morgan fingerprint density at radius 1 is 1.24 bits per heavy atom. The van der Waals surface area contributed by atoms with Crippen LogP contribution in [0.25, 0.3) is 32.5 Å². The molecular formula is C24H29N7O2S. The van der Waals surface area contributed by atoms with Crippen LogP contribution in [0.2, 0.25) is 0 Å². The lowest BCUT2D eigenvalue weighted by Gasteiger charge is -2.31. The third-order valence-electron chi connectivity index (χ3n) is 6.22. The van der Waals surface area contributed by atoms with Crippen LogP contribution < -0.4 is 5.32 Å². The summed E-state index contributed by atoms with van der Waals surface area (Å²) in [5, 5.41) is 20.6. The molecule has 0 radical (unpaired) electrons. The number of aliphatic hydroxyl groups is 1. The van der Waals surface area contributed by atoms with Gasteiger partial charge in [-0.05, 0) is 25.6 Å². The highest BCUT2D eigenvalue weighted by Gasteiger charge is 2.18. The highest BCUT2D eigenvalue weighted by Crippen LogP contribution is 2.34. The molecule has 4 aromatic rings. The number of nitrogens with zero attached hydrogens (tertiary/aromatic N) is 5. The second kappa shape index (κ2) is 10.1. The van der Waals surface area contributed by atoms with Gasteiger partial charge in [-0.3, -0.25) is 14.8 Å².